The number of hydrogen-bond donors (Lipinski definition) is 3. The van der Waals surface area contributed by atoms with Crippen LogP contribution in [0.2, 0.25) is 0 Å². The summed E-state index contributed by atoms with van der Waals surface area (Å²) in [6.45, 7) is 0.679. The quantitative estimate of drug-likeness (QED) is 0.578. The van der Waals surface area contributed by atoms with E-state index in [0.29, 0.717) is 13.0 Å². The van der Waals surface area contributed by atoms with Gasteiger partial charge in [0.2, 0.25) is 17.8 Å². The van der Waals surface area contributed by atoms with Gasteiger partial charge in [0.05, 0.1) is 0 Å². The Bertz CT molecular complexity index is 429. The van der Waals surface area contributed by atoms with Crippen LogP contribution in [0.25, 0.3) is 0 Å². The van der Waals surface area contributed by atoms with Crippen LogP contribution in [0.5, 0.6) is 0 Å². The maximum atomic E-state index is 11.6. The third-order valence-corrected chi connectivity index (χ3v) is 2.48. The van der Waals surface area contributed by atoms with Crippen molar-refractivity contribution < 1.29 is 9.59 Å². The van der Waals surface area contributed by atoms with Crippen molar-refractivity contribution in [2.45, 2.75) is 25.4 Å². The zero-order valence-corrected chi connectivity index (χ0v) is 9.22. The molecule has 1 aromatic rings. The molecular weight excluding hydrogens is 224 g/mol. The van der Waals surface area contributed by atoms with Gasteiger partial charge in [-0.25, -0.2) is 9.67 Å². The van der Waals surface area contributed by atoms with E-state index in [1.54, 1.807) is 0 Å². The van der Waals surface area contributed by atoms with E-state index in [1.807, 2.05) is 0 Å². The predicted molar refractivity (Wildman–Crippen MR) is 58.6 cm³/mol. The number of nitrogens with one attached hydrogen (secondary N) is 2. The predicted octanol–water partition coefficient (Wildman–Crippen LogP) is -1.74. The van der Waals surface area contributed by atoms with Gasteiger partial charge in [-0.3, -0.25) is 9.59 Å². The van der Waals surface area contributed by atoms with Gasteiger partial charge in [0.25, 0.3) is 0 Å². The van der Waals surface area contributed by atoms with E-state index in [1.165, 1.54) is 11.0 Å². The standard InChI is InChI=1S/C9H14N6O2/c10-9-12-5-15(14-9)4-7(16)13-6-2-1-3-11-8(6)17/h5-6H,1-4H2,(H2,10,14)(H,11,17)(H,13,16). The van der Waals surface area contributed by atoms with Crippen molar-refractivity contribution in [1.82, 2.24) is 25.4 Å². The number of piperidine rings is 1. The Hall–Kier alpha value is -2.12. The first kappa shape index (κ1) is 11.4. The highest BCUT2D eigenvalue weighted by atomic mass is 16.2. The molecule has 1 unspecified atom stereocenters. The van der Waals surface area contributed by atoms with Gasteiger partial charge < -0.3 is 16.4 Å². The molecule has 2 heterocycles. The molecule has 1 fully saturated rings. The summed E-state index contributed by atoms with van der Waals surface area (Å²) in [4.78, 5) is 26.7. The lowest BCUT2D eigenvalue weighted by molar-refractivity contribution is -0.130. The minimum Gasteiger partial charge on any atom is -0.367 e. The van der Waals surface area contributed by atoms with Crippen molar-refractivity contribution in [1.29, 1.82) is 0 Å². The van der Waals surface area contributed by atoms with Crippen LogP contribution >= 0.6 is 0 Å². The van der Waals surface area contributed by atoms with E-state index in [4.69, 9.17) is 5.73 Å². The molecule has 8 heteroatoms. The van der Waals surface area contributed by atoms with Gasteiger partial charge in [0, 0.05) is 6.54 Å². The van der Waals surface area contributed by atoms with Gasteiger partial charge in [-0.15, -0.1) is 5.10 Å². The first-order valence-corrected chi connectivity index (χ1v) is 5.37. The molecule has 0 spiro atoms. The fraction of sp³-hybridized carbons (Fsp3) is 0.556. The molecule has 92 valence electrons. The van der Waals surface area contributed by atoms with E-state index in [-0.39, 0.29) is 24.3 Å². The van der Waals surface area contributed by atoms with Crippen molar-refractivity contribution in [3.63, 3.8) is 0 Å². The fourth-order valence-corrected chi connectivity index (χ4v) is 1.68. The molecule has 0 saturated carbocycles. The molecule has 0 aliphatic carbocycles. The SMILES string of the molecule is Nc1ncn(CC(=O)NC2CCCNC2=O)n1. The molecule has 1 aliphatic heterocycles. The third kappa shape index (κ3) is 2.92. The smallest absolute Gasteiger partial charge is 0.242 e. The molecule has 0 bridgehead atoms. The molecule has 4 N–H and O–H groups in total. The van der Waals surface area contributed by atoms with Gasteiger partial charge in [0.15, 0.2) is 0 Å². The number of nitrogens with zero attached hydrogens (tertiary/aromatic N) is 3. The summed E-state index contributed by atoms with van der Waals surface area (Å²) in [5.74, 6) is -0.298. The Labute approximate surface area is 97.6 Å². The number of hydrogen-bond acceptors (Lipinski definition) is 5. The van der Waals surface area contributed by atoms with Crippen LogP contribution in [0.4, 0.5) is 5.95 Å². The van der Waals surface area contributed by atoms with Crippen molar-refractivity contribution in [3.8, 4) is 0 Å². The Kier molecular flexibility index (Phi) is 3.22. The van der Waals surface area contributed by atoms with Crippen LogP contribution in [-0.4, -0.2) is 39.2 Å². The Balaban J connectivity index is 1.86. The van der Waals surface area contributed by atoms with Crippen LogP contribution in [0.15, 0.2) is 6.33 Å². The normalized spacial score (nSPS) is 19.8. The van der Waals surface area contributed by atoms with E-state index >= 15 is 0 Å². The van der Waals surface area contributed by atoms with Crippen molar-refractivity contribution in [3.05, 3.63) is 6.33 Å². The second-order valence-corrected chi connectivity index (χ2v) is 3.85. The lowest BCUT2D eigenvalue weighted by Gasteiger charge is -2.22. The Morgan fingerprint density at radius 1 is 1.71 bits per heavy atom. The number of anilines is 1. The average molecular weight is 238 g/mol. The van der Waals surface area contributed by atoms with Crippen LogP contribution < -0.4 is 16.4 Å². The molecule has 0 radical (unpaired) electrons. The summed E-state index contributed by atoms with van der Waals surface area (Å²) < 4.78 is 1.32. The van der Waals surface area contributed by atoms with Gasteiger partial charge in [-0.1, -0.05) is 0 Å². The number of amides is 2. The van der Waals surface area contributed by atoms with Gasteiger partial charge >= 0.3 is 0 Å². The summed E-state index contributed by atoms with van der Waals surface area (Å²) in [7, 11) is 0. The second-order valence-electron chi connectivity index (χ2n) is 3.85. The monoisotopic (exact) mass is 238 g/mol. The molecule has 1 atom stereocenters. The summed E-state index contributed by atoms with van der Waals surface area (Å²) in [5, 5.41) is 9.13. The highest BCUT2D eigenvalue weighted by Crippen LogP contribution is 2.02. The maximum Gasteiger partial charge on any atom is 0.242 e. The summed E-state index contributed by atoms with van der Waals surface area (Å²) in [6, 6.07) is -0.447. The van der Waals surface area contributed by atoms with E-state index in [9.17, 15) is 9.59 Å². The summed E-state index contributed by atoms with van der Waals surface area (Å²) in [5.41, 5.74) is 5.32. The number of nitrogen functional groups attached to an aromatic ring is 1. The zero-order chi connectivity index (χ0) is 12.3. The minimum absolute atomic E-state index is 0.00792. The molecule has 2 rings (SSSR count). The first-order valence-electron chi connectivity index (χ1n) is 5.37. The molecule has 17 heavy (non-hydrogen) atoms. The zero-order valence-electron chi connectivity index (χ0n) is 9.22. The highest BCUT2D eigenvalue weighted by Gasteiger charge is 2.23. The number of carbonyl (C=O) groups excluding carboxylic acids is 2. The molecule has 1 aliphatic rings. The van der Waals surface area contributed by atoms with Gasteiger partial charge in [-0.2, -0.15) is 0 Å². The Morgan fingerprint density at radius 3 is 3.18 bits per heavy atom. The third-order valence-electron chi connectivity index (χ3n) is 2.48. The summed E-state index contributed by atoms with van der Waals surface area (Å²) in [6.07, 6.45) is 2.90. The van der Waals surface area contributed by atoms with Crippen molar-refractivity contribution in [2.24, 2.45) is 0 Å². The molecule has 0 aromatic carbocycles. The molecule has 2 amide bonds. The summed E-state index contributed by atoms with van der Waals surface area (Å²) >= 11 is 0. The van der Waals surface area contributed by atoms with Crippen LogP contribution in [0.1, 0.15) is 12.8 Å². The van der Waals surface area contributed by atoms with Crippen LogP contribution in [0.3, 0.4) is 0 Å². The minimum atomic E-state index is -0.447. The molecule has 1 aromatic heterocycles. The highest BCUT2D eigenvalue weighted by molar-refractivity contribution is 5.87. The maximum absolute atomic E-state index is 11.6. The van der Waals surface area contributed by atoms with Crippen molar-refractivity contribution in [2.75, 3.05) is 12.3 Å². The molecule has 8 nitrogen and oxygen atoms in total. The first-order chi connectivity index (χ1) is 8.15. The lowest BCUT2D eigenvalue weighted by Crippen LogP contribution is -2.50. The van der Waals surface area contributed by atoms with E-state index < -0.39 is 6.04 Å². The molecular formula is C9H14N6O2. The largest absolute Gasteiger partial charge is 0.367 e. The van der Waals surface area contributed by atoms with Crippen LogP contribution in [-0.2, 0) is 16.1 Å². The average Bonchev–Trinajstić information content (AvgIpc) is 2.67. The number of aromatic nitrogens is 3. The lowest BCUT2D eigenvalue weighted by atomic mass is 10.1. The number of rotatable bonds is 3. The molecule has 1 saturated heterocycles. The number of carbonyl (C=O) groups is 2. The van der Waals surface area contributed by atoms with E-state index in [0.717, 1.165) is 6.42 Å². The topological polar surface area (TPSA) is 115 Å². The Morgan fingerprint density at radius 2 is 2.53 bits per heavy atom. The van der Waals surface area contributed by atoms with Crippen LogP contribution in [0, 0.1) is 0 Å². The van der Waals surface area contributed by atoms with E-state index in [2.05, 4.69) is 20.7 Å². The number of nitrogens with two attached hydrogens (primary N) is 1. The van der Waals surface area contributed by atoms with Crippen molar-refractivity contribution >= 4 is 17.8 Å². The second kappa shape index (κ2) is 4.81. The van der Waals surface area contributed by atoms with Gasteiger partial charge in [0.1, 0.15) is 18.9 Å². The fourth-order valence-electron chi connectivity index (χ4n) is 1.68. The van der Waals surface area contributed by atoms with Gasteiger partial charge in [-0.05, 0) is 12.8 Å².